The molecule has 2 nitrogen and oxygen atoms in total. The number of pyridine rings is 1. The molecule has 0 aliphatic heterocycles. The Morgan fingerprint density at radius 3 is 2.45 bits per heavy atom. The van der Waals surface area contributed by atoms with E-state index in [4.69, 9.17) is 0 Å². The van der Waals surface area contributed by atoms with E-state index in [2.05, 4.69) is 61.4 Å². The van der Waals surface area contributed by atoms with E-state index in [1.165, 1.54) is 42.4 Å². The second-order valence-electron chi connectivity index (χ2n) is 6.13. The summed E-state index contributed by atoms with van der Waals surface area (Å²) in [6.45, 7) is 6.50. The zero-order chi connectivity index (χ0) is 15.8. The van der Waals surface area contributed by atoms with Crippen LogP contribution in [0.3, 0.4) is 0 Å². The lowest BCUT2D eigenvalue weighted by Crippen LogP contribution is -2.13. The highest BCUT2D eigenvalue weighted by atomic mass is 15.0. The predicted octanol–water partition coefficient (Wildman–Crippen LogP) is 5.82. The summed E-state index contributed by atoms with van der Waals surface area (Å²) < 4.78 is 0. The largest absolute Gasteiger partial charge is 0.363 e. The average molecular weight is 296 g/mol. The van der Waals surface area contributed by atoms with Crippen molar-refractivity contribution in [2.75, 3.05) is 5.32 Å². The van der Waals surface area contributed by atoms with Crippen molar-refractivity contribution in [3.8, 4) is 0 Å². The number of nitrogens with one attached hydrogen (secondary N) is 1. The Labute approximate surface area is 135 Å². The molecule has 22 heavy (non-hydrogen) atoms. The molecule has 2 rings (SSSR count). The third-order valence-corrected chi connectivity index (χ3v) is 4.15. The highest BCUT2D eigenvalue weighted by molar-refractivity contribution is 5.45. The molecule has 1 unspecified atom stereocenters. The van der Waals surface area contributed by atoms with Crippen LogP contribution in [0.2, 0.25) is 0 Å². The SMILES string of the molecule is CCCCCCC(Nc1ncccc1C)c1ccc(C)cc1. The number of aromatic nitrogens is 1. The normalized spacial score (nSPS) is 12.1. The summed E-state index contributed by atoms with van der Waals surface area (Å²) in [5.41, 5.74) is 3.86. The Morgan fingerprint density at radius 2 is 1.77 bits per heavy atom. The van der Waals surface area contributed by atoms with Gasteiger partial charge in [-0.05, 0) is 37.5 Å². The topological polar surface area (TPSA) is 24.9 Å². The predicted molar refractivity (Wildman–Crippen MR) is 95.3 cm³/mol. The van der Waals surface area contributed by atoms with Crippen LogP contribution in [-0.4, -0.2) is 4.98 Å². The summed E-state index contributed by atoms with van der Waals surface area (Å²) in [5.74, 6) is 1.00. The molecule has 2 aromatic rings. The lowest BCUT2D eigenvalue weighted by molar-refractivity contribution is 0.585. The quantitative estimate of drug-likeness (QED) is 0.621. The van der Waals surface area contributed by atoms with E-state index >= 15 is 0 Å². The number of rotatable bonds is 8. The minimum Gasteiger partial charge on any atom is -0.363 e. The molecule has 0 spiro atoms. The number of hydrogen-bond donors (Lipinski definition) is 1. The van der Waals surface area contributed by atoms with Crippen LogP contribution in [-0.2, 0) is 0 Å². The summed E-state index contributed by atoms with van der Waals surface area (Å²) >= 11 is 0. The maximum atomic E-state index is 4.49. The number of unbranched alkanes of at least 4 members (excludes halogenated alkanes) is 3. The van der Waals surface area contributed by atoms with E-state index in [0.717, 1.165) is 12.2 Å². The van der Waals surface area contributed by atoms with Gasteiger partial charge in [-0.15, -0.1) is 0 Å². The Kier molecular flexibility index (Phi) is 6.45. The minimum atomic E-state index is 0.339. The van der Waals surface area contributed by atoms with E-state index in [1.807, 2.05) is 12.3 Å². The van der Waals surface area contributed by atoms with Crippen LogP contribution in [0.25, 0.3) is 0 Å². The third kappa shape index (κ3) is 4.87. The summed E-state index contributed by atoms with van der Waals surface area (Å²) in [5, 5.41) is 3.65. The number of nitrogens with zero attached hydrogens (tertiary/aromatic N) is 1. The fourth-order valence-corrected chi connectivity index (χ4v) is 2.70. The maximum absolute atomic E-state index is 4.49. The molecule has 0 bridgehead atoms. The van der Waals surface area contributed by atoms with E-state index in [9.17, 15) is 0 Å². The molecule has 0 saturated heterocycles. The van der Waals surface area contributed by atoms with Gasteiger partial charge in [-0.25, -0.2) is 4.98 Å². The second-order valence-corrected chi connectivity index (χ2v) is 6.13. The van der Waals surface area contributed by atoms with Gasteiger partial charge < -0.3 is 5.32 Å². The van der Waals surface area contributed by atoms with Crippen molar-refractivity contribution >= 4 is 5.82 Å². The Morgan fingerprint density at radius 1 is 1.00 bits per heavy atom. The van der Waals surface area contributed by atoms with Gasteiger partial charge in [0.05, 0.1) is 6.04 Å². The fraction of sp³-hybridized carbons (Fsp3) is 0.450. The molecule has 0 amide bonds. The van der Waals surface area contributed by atoms with Crippen LogP contribution in [0.15, 0.2) is 42.6 Å². The summed E-state index contributed by atoms with van der Waals surface area (Å²) in [4.78, 5) is 4.49. The van der Waals surface area contributed by atoms with Crippen molar-refractivity contribution in [2.24, 2.45) is 0 Å². The highest BCUT2D eigenvalue weighted by Gasteiger charge is 2.12. The first-order chi connectivity index (χ1) is 10.7. The van der Waals surface area contributed by atoms with Crippen LogP contribution < -0.4 is 5.32 Å². The molecule has 118 valence electrons. The van der Waals surface area contributed by atoms with Gasteiger partial charge in [0.2, 0.25) is 0 Å². The van der Waals surface area contributed by atoms with Crippen LogP contribution in [0.1, 0.15) is 61.8 Å². The molecular formula is C20H28N2. The van der Waals surface area contributed by atoms with Crippen LogP contribution >= 0.6 is 0 Å². The lowest BCUT2D eigenvalue weighted by atomic mass is 9.99. The first kappa shape index (κ1) is 16.5. The van der Waals surface area contributed by atoms with Crippen LogP contribution in [0.4, 0.5) is 5.82 Å². The molecular weight excluding hydrogens is 268 g/mol. The van der Waals surface area contributed by atoms with Crippen molar-refractivity contribution < 1.29 is 0 Å². The molecule has 0 fully saturated rings. The molecule has 2 heteroatoms. The van der Waals surface area contributed by atoms with Crippen molar-refractivity contribution in [1.82, 2.24) is 4.98 Å². The molecule has 1 heterocycles. The minimum absolute atomic E-state index is 0.339. The third-order valence-electron chi connectivity index (χ3n) is 4.15. The van der Waals surface area contributed by atoms with Gasteiger partial charge in [0.15, 0.2) is 0 Å². The molecule has 1 N–H and O–H groups in total. The Balaban J connectivity index is 2.10. The van der Waals surface area contributed by atoms with Gasteiger partial charge >= 0.3 is 0 Å². The van der Waals surface area contributed by atoms with Gasteiger partial charge in [0, 0.05) is 6.20 Å². The molecule has 1 aromatic heterocycles. The summed E-state index contributed by atoms with van der Waals surface area (Å²) in [7, 11) is 0. The first-order valence-electron chi connectivity index (χ1n) is 8.45. The first-order valence-corrected chi connectivity index (χ1v) is 8.45. The van der Waals surface area contributed by atoms with Gasteiger partial charge in [0.1, 0.15) is 5.82 Å². The lowest BCUT2D eigenvalue weighted by Gasteiger charge is -2.21. The summed E-state index contributed by atoms with van der Waals surface area (Å²) in [6, 6.07) is 13.3. The standard InChI is InChI=1S/C20H28N2/c1-4-5-6-7-10-19(18-13-11-16(2)12-14-18)22-20-17(3)9-8-15-21-20/h8-9,11-15,19H,4-7,10H2,1-3H3,(H,21,22). The maximum Gasteiger partial charge on any atom is 0.129 e. The Hall–Kier alpha value is -1.83. The molecule has 0 aliphatic carbocycles. The molecule has 0 saturated carbocycles. The fourth-order valence-electron chi connectivity index (χ4n) is 2.70. The van der Waals surface area contributed by atoms with E-state index in [-0.39, 0.29) is 0 Å². The number of benzene rings is 1. The van der Waals surface area contributed by atoms with Gasteiger partial charge in [-0.2, -0.15) is 0 Å². The molecule has 1 aromatic carbocycles. The number of hydrogen-bond acceptors (Lipinski definition) is 2. The van der Waals surface area contributed by atoms with Crippen molar-refractivity contribution in [1.29, 1.82) is 0 Å². The van der Waals surface area contributed by atoms with Crippen molar-refractivity contribution in [3.05, 3.63) is 59.3 Å². The summed E-state index contributed by atoms with van der Waals surface area (Å²) in [6.07, 6.45) is 8.18. The van der Waals surface area contributed by atoms with E-state index in [1.54, 1.807) is 0 Å². The highest BCUT2D eigenvalue weighted by Crippen LogP contribution is 2.26. The second kappa shape index (κ2) is 8.57. The van der Waals surface area contributed by atoms with E-state index < -0.39 is 0 Å². The zero-order valence-electron chi connectivity index (χ0n) is 14.1. The molecule has 1 atom stereocenters. The zero-order valence-corrected chi connectivity index (χ0v) is 14.1. The van der Waals surface area contributed by atoms with Crippen molar-refractivity contribution in [3.63, 3.8) is 0 Å². The van der Waals surface area contributed by atoms with E-state index in [0.29, 0.717) is 6.04 Å². The number of aryl methyl sites for hydroxylation is 2. The van der Waals surface area contributed by atoms with Gasteiger partial charge in [-0.1, -0.05) is 68.5 Å². The monoisotopic (exact) mass is 296 g/mol. The molecule has 0 radical (unpaired) electrons. The van der Waals surface area contributed by atoms with Crippen LogP contribution in [0.5, 0.6) is 0 Å². The smallest absolute Gasteiger partial charge is 0.129 e. The van der Waals surface area contributed by atoms with Crippen molar-refractivity contribution in [2.45, 2.75) is 58.9 Å². The average Bonchev–Trinajstić information content (AvgIpc) is 2.53. The number of anilines is 1. The van der Waals surface area contributed by atoms with Gasteiger partial charge in [0.25, 0.3) is 0 Å². The Bertz CT molecular complexity index is 560. The van der Waals surface area contributed by atoms with Gasteiger partial charge in [-0.3, -0.25) is 0 Å². The molecule has 0 aliphatic rings. The van der Waals surface area contributed by atoms with Crippen LogP contribution in [0, 0.1) is 13.8 Å².